The van der Waals surface area contributed by atoms with E-state index in [0.717, 1.165) is 11.8 Å². The zero-order chi connectivity index (χ0) is 8.67. The van der Waals surface area contributed by atoms with Gasteiger partial charge in [0.25, 0.3) is 0 Å². The van der Waals surface area contributed by atoms with Crippen LogP contribution in [0, 0.1) is 11.8 Å². The molecule has 0 saturated carbocycles. The van der Waals surface area contributed by atoms with Crippen molar-refractivity contribution in [3.05, 3.63) is 24.3 Å². The largest absolute Gasteiger partial charge is 0.285 e. The summed E-state index contributed by atoms with van der Waals surface area (Å²) >= 11 is 0. The van der Waals surface area contributed by atoms with Gasteiger partial charge in [0, 0.05) is 17.5 Å². The Morgan fingerprint density at radius 2 is 2.31 bits per heavy atom. The summed E-state index contributed by atoms with van der Waals surface area (Å²) in [6.07, 6.45) is 14.3. The molecular formula is C12H15N. The van der Waals surface area contributed by atoms with E-state index in [1.807, 2.05) is 0 Å². The van der Waals surface area contributed by atoms with Crippen LogP contribution in [0.2, 0.25) is 0 Å². The Labute approximate surface area is 79.3 Å². The van der Waals surface area contributed by atoms with E-state index >= 15 is 0 Å². The van der Waals surface area contributed by atoms with E-state index < -0.39 is 0 Å². The Balaban J connectivity index is 1.93. The van der Waals surface area contributed by atoms with Crippen LogP contribution >= 0.6 is 0 Å². The molecule has 3 aliphatic rings. The maximum absolute atomic E-state index is 4.83. The molecule has 1 nitrogen and oxygen atoms in total. The normalized spacial score (nSPS) is 41.2. The third kappa shape index (κ3) is 1.18. The topological polar surface area (TPSA) is 12.4 Å². The second-order valence-electron chi connectivity index (χ2n) is 4.36. The van der Waals surface area contributed by atoms with E-state index in [1.165, 1.54) is 31.4 Å². The third-order valence-electron chi connectivity index (χ3n) is 3.52. The highest BCUT2D eigenvalue weighted by molar-refractivity contribution is 5.98. The summed E-state index contributed by atoms with van der Waals surface area (Å²) in [7, 11) is 0. The van der Waals surface area contributed by atoms with Crippen LogP contribution in [0.15, 0.2) is 29.3 Å². The van der Waals surface area contributed by atoms with E-state index in [1.54, 1.807) is 0 Å². The van der Waals surface area contributed by atoms with Crippen molar-refractivity contribution in [2.75, 3.05) is 0 Å². The molecule has 0 aromatic carbocycles. The zero-order valence-electron chi connectivity index (χ0n) is 7.82. The van der Waals surface area contributed by atoms with Crippen molar-refractivity contribution < 1.29 is 0 Å². The van der Waals surface area contributed by atoms with Gasteiger partial charge in [-0.1, -0.05) is 18.2 Å². The van der Waals surface area contributed by atoms with Gasteiger partial charge in [0.05, 0.1) is 6.04 Å². The first-order chi connectivity index (χ1) is 6.43. The molecular weight excluding hydrogens is 158 g/mol. The summed E-state index contributed by atoms with van der Waals surface area (Å²) in [5.41, 5.74) is 1.39. The van der Waals surface area contributed by atoms with E-state index in [4.69, 9.17) is 4.99 Å². The van der Waals surface area contributed by atoms with Crippen molar-refractivity contribution >= 4 is 5.71 Å². The standard InChI is InChI=1S/C12H15N/c1-2-6-11-9(4-1)8-10-5-3-7-12(10)13-11/h2-3,5-6,9-10,12H,1,4,7-8H2. The minimum atomic E-state index is 0.592. The van der Waals surface area contributed by atoms with Crippen molar-refractivity contribution in [2.24, 2.45) is 16.8 Å². The van der Waals surface area contributed by atoms with Gasteiger partial charge in [-0.3, -0.25) is 4.99 Å². The maximum atomic E-state index is 4.83. The van der Waals surface area contributed by atoms with E-state index in [2.05, 4.69) is 24.3 Å². The fourth-order valence-electron chi connectivity index (χ4n) is 2.77. The van der Waals surface area contributed by atoms with Gasteiger partial charge >= 0.3 is 0 Å². The number of allylic oxidation sites excluding steroid dienone is 2. The Kier molecular flexibility index (Phi) is 1.64. The molecule has 0 spiro atoms. The second-order valence-corrected chi connectivity index (χ2v) is 4.36. The molecule has 3 rings (SSSR count). The average Bonchev–Trinajstić information content (AvgIpc) is 2.61. The maximum Gasteiger partial charge on any atom is 0.0600 e. The predicted octanol–water partition coefficient (Wildman–Crippen LogP) is 2.74. The van der Waals surface area contributed by atoms with Crippen molar-refractivity contribution in [3.63, 3.8) is 0 Å². The first-order valence-electron chi connectivity index (χ1n) is 5.34. The van der Waals surface area contributed by atoms with Gasteiger partial charge in [-0.05, 0) is 31.8 Å². The van der Waals surface area contributed by atoms with Crippen LogP contribution in [0.5, 0.6) is 0 Å². The minimum Gasteiger partial charge on any atom is -0.285 e. The molecule has 0 amide bonds. The highest BCUT2D eigenvalue weighted by Gasteiger charge is 2.32. The fraction of sp³-hybridized carbons (Fsp3) is 0.583. The van der Waals surface area contributed by atoms with Gasteiger partial charge in [-0.2, -0.15) is 0 Å². The van der Waals surface area contributed by atoms with Gasteiger partial charge in [0.1, 0.15) is 0 Å². The summed E-state index contributed by atoms with van der Waals surface area (Å²) < 4.78 is 0. The number of hydrogen-bond donors (Lipinski definition) is 0. The summed E-state index contributed by atoms with van der Waals surface area (Å²) in [4.78, 5) is 4.83. The van der Waals surface area contributed by atoms with E-state index in [9.17, 15) is 0 Å². The molecule has 0 N–H and O–H groups in total. The number of hydrogen-bond acceptors (Lipinski definition) is 1. The number of nitrogens with zero attached hydrogens (tertiary/aromatic N) is 1. The molecule has 0 radical (unpaired) electrons. The first kappa shape index (κ1) is 7.54. The van der Waals surface area contributed by atoms with Crippen molar-refractivity contribution in [2.45, 2.75) is 31.7 Å². The molecule has 0 bridgehead atoms. The SMILES string of the molecule is C1=CC2=NC3CC=CC3CC2CC1. The Morgan fingerprint density at radius 1 is 1.31 bits per heavy atom. The quantitative estimate of drug-likeness (QED) is 0.499. The van der Waals surface area contributed by atoms with Crippen molar-refractivity contribution in [3.8, 4) is 0 Å². The molecule has 0 aromatic rings. The monoisotopic (exact) mass is 173 g/mol. The van der Waals surface area contributed by atoms with Gasteiger partial charge in [-0.15, -0.1) is 0 Å². The molecule has 68 valence electrons. The molecule has 0 saturated heterocycles. The molecule has 3 atom stereocenters. The lowest BCUT2D eigenvalue weighted by Gasteiger charge is -2.31. The van der Waals surface area contributed by atoms with Crippen molar-refractivity contribution in [1.29, 1.82) is 0 Å². The summed E-state index contributed by atoms with van der Waals surface area (Å²) in [6.45, 7) is 0. The van der Waals surface area contributed by atoms with Gasteiger partial charge in [-0.25, -0.2) is 0 Å². The molecule has 1 heteroatoms. The highest BCUT2D eigenvalue weighted by atomic mass is 14.8. The van der Waals surface area contributed by atoms with E-state index in [-0.39, 0.29) is 0 Å². The van der Waals surface area contributed by atoms with Crippen LogP contribution in [0.3, 0.4) is 0 Å². The number of fused-ring (bicyclic) bond motifs is 2. The molecule has 3 unspecified atom stereocenters. The van der Waals surface area contributed by atoms with Crippen molar-refractivity contribution in [1.82, 2.24) is 0 Å². The van der Waals surface area contributed by atoms with Crippen LogP contribution in [-0.4, -0.2) is 11.8 Å². The summed E-state index contributed by atoms with van der Waals surface area (Å²) in [6, 6.07) is 0.592. The lowest BCUT2D eigenvalue weighted by molar-refractivity contribution is 0.404. The first-order valence-corrected chi connectivity index (χ1v) is 5.34. The lowest BCUT2D eigenvalue weighted by Crippen LogP contribution is -2.29. The number of aliphatic imine (C=N–C) groups is 1. The highest BCUT2D eigenvalue weighted by Crippen LogP contribution is 2.36. The summed E-state index contributed by atoms with van der Waals surface area (Å²) in [5.74, 6) is 1.54. The van der Waals surface area contributed by atoms with Crippen LogP contribution in [0.4, 0.5) is 0 Å². The Hall–Kier alpha value is -0.850. The second kappa shape index (κ2) is 2.83. The Morgan fingerprint density at radius 3 is 3.31 bits per heavy atom. The van der Waals surface area contributed by atoms with Crippen LogP contribution in [-0.2, 0) is 0 Å². The molecule has 0 aromatic heterocycles. The molecule has 0 fully saturated rings. The third-order valence-corrected chi connectivity index (χ3v) is 3.52. The van der Waals surface area contributed by atoms with Gasteiger partial charge in [0.2, 0.25) is 0 Å². The molecule has 2 aliphatic carbocycles. The molecule has 13 heavy (non-hydrogen) atoms. The van der Waals surface area contributed by atoms with Crippen LogP contribution < -0.4 is 0 Å². The Bertz CT molecular complexity index is 298. The fourth-order valence-corrected chi connectivity index (χ4v) is 2.77. The number of rotatable bonds is 0. The van der Waals surface area contributed by atoms with Crippen LogP contribution in [0.1, 0.15) is 25.7 Å². The van der Waals surface area contributed by atoms with Gasteiger partial charge in [0.15, 0.2) is 0 Å². The zero-order valence-corrected chi connectivity index (χ0v) is 7.82. The molecule has 1 heterocycles. The molecule has 1 aliphatic heterocycles. The smallest absolute Gasteiger partial charge is 0.0600 e. The average molecular weight is 173 g/mol. The lowest BCUT2D eigenvalue weighted by atomic mass is 9.80. The van der Waals surface area contributed by atoms with Gasteiger partial charge < -0.3 is 0 Å². The minimum absolute atomic E-state index is 0.592. The van der Waals surface area contributed by atoms with E-state index in [0.29, 0.717) is 6.04 Å². The van der Waals surface area contributed by atoms with Crippen LogP contribution in [0.25, 0.3) is 0 Å². The predicted molar refractivity (Wildman–Crippen MR) is 55.0 cm³/mol. The summed E-state index contributed by atoms with van der Waals surface area (Å²) in [5, 5.41) is 0.